The lowest BCUT2D eigenvalue weighted by molar-refractivity contribution is -0.274. The Kier molecular flexibility index (Phi) is 9.57. The van der Waals surface area contributed by atoms with Gasteiger partial charge in [0.05, 0.1) is 17.7 Å². The maximum Gasteiger partial charge on any atom is 0.573 e. The molecule has 0 bridgehead atoms. The topological polar surface area (TPSA) is 114 Å². The van der Waals surface area contributed by atoms with Gasteiger partial charge in [0.2, 0.25) is 0 Å². The molecule has 4 rings (SSSR count). The lowest BCUT2D eigenvalue weighted by Gasteiger charge is -2.13. The van der Waals surface area contributed by atoms with Gasteiger partial charge in [-0.3, -0.25) is 9.40 Å². The summed E-state index contributed by atoms with van der Waals surface area (Å²) in [7, 11) is 3.13. The Bertz CT molecular complexity index is 1600. The number of anilines is 2. The molecular weight excluding hydrogens is 571 g/mol. The van der Waals surface area contributed by atoms with E-state index >= 15 is 0 Å². The number of alkyl halides is 3. The minimum Gasteiger partial charge on any atom is -0.406 e. The van der Waals surface area contributed by atoms with E-state index < -0.39 is 12.4 Å². The Morgan fingerprint density at radius 2 is 1.81 bits per heavy atom. The highest BCUT2D eigenvalue weighted by atomic mass is 32.2. The maximum atomic E-state index is 12.5. The monoisotopic (exact) mass is 599 g/mol. The van der Waals surface area contributed by atoms with Gasteiger partial charge in [0.25, 0.3) is 0 Å². The number of aryl methyl sites for hydroxylation is 1. The minimum absolute atomic E-state index is 0.249. The molecular formula is C28H28F3N7O3S. The van der Waals surface area contributed by atoms with Gasteiger partial charge in [-0.15, -0.1) is 13.2 Å². The Balaban J connectivity index is 1.43. The number of aromatic nitrogens is 2. The zero-order valence-electron chi connectivity index (χ0n) is 23.1. The van der Waals surface area contributed by atoms with Crippen molar-refractivity contribution in [3.05, 3.63) is 83.6 Å². The molecule has 0 atom stereocenters. The van der Waals surface area contributed by atoms with Gasteiger partial charge in [0, 0.05) is 30.0 Å². The van der Waals surface area contributed by atoms with Crippen molar-refractivity contribution < 1.29 is 27.5 Å². The molecule has 1 heterocycles. The standard InChI is InChI=1S/C28H28F3N7O3S/c1-17(2)21-7-5-6-8-23(21)34-27(39)37-42-32-16-18-9-14-22-24(15-18)38(3)35-25(22)26(36-40-4)33-19-10-12-20(13-11-19)41-28(29,30)31/h5-17H,1-4H3,(H,33,36)(H2,34,37,39)/b32-16+. The SMILES string of the molecule is CO/N=C(\Nc1ccc(OC(F)(F)F)cc1)c1nn(C)c2cc(/C=N/SNC(=O)Nc3ccccc3C(C)C)ccc12. The molecule has 0 aliphatic rings. The first-order valence-corrected chi connectivity index (χ1v) is 13.4. The van der Waals surface area contributed by atoms with E-state index in [1.807, 2.05) is 42.5 Å². The average Bonchev–Trinajstić information content (AvgIpc) is 3.27. The molecule has 0 aliphatic heterocycles. The van der Waals surface area contributed by atoms with Crippen LogP contribution in [0.2, 0.25) is 0 Å². The molecule has 4 aromatic rings. The van der Waals surface area contributed by atoms with E-state index in [1.54, 1.807) is 17.9 Å². The number of para-hydroxylation sites is 1. The fourth-order valence-corrected chi connectivity index (χ4v) is 4.40. The molecule has 3 aromatic carbocycles. The van der Waals surface area contributed by atoms with Gasteiger partial charge in [0.15, 0.2) is 5.84 Å². The van der Waals surface area contributed by atoms with Crippen LogP contribution in [0.1, 0.15) is 36.6 Å². The van der Waals surface area contributed by atoms with Crippen LogP contribution < -0.4 is 20.1 Å². The minimum atomic E-state index is -4.78. The number of ether oxygens (including phenoxy) is 1. The summed E-state index contributed by atoms with van der Waals surface area (Å²) < 4.78 is 49.8. The van der Waals surface area contributed by atoms with Gasteiger partial charge < -0.3 is 20.2 Å². The van der Waals surface area contributed by atoms with E-state index in [1.165, 1.54) is 31.4 Å². The zero-order valence-corrected chi connectivity index (χ0v) is 23.9. The Morgan fingerprint density at radius 3 is 2.50 bits per heavy atom. The molecule has 0 unspecified atom stereocenters. The fraction of sp³-hybridized carbons (Fsp3) is 0.214. The summed E-state index contributed by atoms with van der Waals surface area (Å²) in [6, 6.07) is 17.9. The van der Waals surface area contributed by atoms with Crippen LogP contribution >= 0.6 is 12.1 Å². The van der Waals surface area contributed by atoms with Gasteiger partial charge in [-0.1, -0.05) is 43.3 Å². The first kappa shape index (κ1) is 30.2. The number of hydrogen-bond acceptors (Lipinski definition) is 7. The molecule has 0 fully saturated rings. The number of rotatable bonds is 9. The van der Waals surface area contributed by atoms with E-state index in [-0.39, 0.29) is 17.5 Å². The highest BCUT2D eigenvalue weighted by molar-refractivity contribution is 7.96. The molecule has 14 heteroatoms. The predicted octanol–water partition coefficient (Wildman–Crippen LogP) is 6.82. The summed E-state index contributed by atoms with van der Waals surface area (Å²) in [4.78, 5) is 17.3. The number of urea groups is 1. The van der Waals surface area contributed by atoms with E-state index in [9.17, 15) is 18.0 Å². The van der Waals surface area contributed by atoms with Crippen LogP contribution in [0.15, 0.2) is 76.3 Å². The number of hydrogen-bond donors (Lipinski definition) is 3. The molecule has 42 heavy (non-hydrogen) atoms. The van der Waals surface area contributed by atoms with Crippen LogP contribution in [0.3, 0.4) is 0 Å². The molecule has 0 spiro atoms. The Hall–Kier alpha value is -4.72. The van der Waals surface area contributed by atoms with Crippen LogP contribution in [0.4, 0.5) is 29.3 Å². The lowest BCUT2D eigenvalue weighted by atomic mass is 10.0. The molecule has 10 nitrogen and oxygen atoms in total. The van der Waals surface area contributed by atoms with Crippen molar-refractivity contribution in [3.8, 4) is 5.75 Å². The Labute approximate surface area is 244 Å². The molecule has 2 amide bonds. The number of oxime groups is 1. The Morgan fingerprint density at radius 1 is 1.07 bits per heavy atom. The summed E-state index contributed by atoms with van der Waals surface area (Å²) in [6.07, 6.45) is -3.18. The number of amides is 2. The molecule has 0 radical (unpaired) electrons. The number of fused-ring (bicyclic) bond motifs is 1. The van der Waals surface area contributed by atoms with Crippen molar-refractivity contribution in [2.75, 3.05) is 17.7 Å². The molecule has 0 saturated carbocycles. The number of amidine groups is 1. The number of carbonyl (C=O) groups is 1. The van der Waals surface area contributed by atoms with Gasteiger partial charge in [-0.05, 0) is 59.5 Å². The third kappa shape index (κ3) is 7.94. The second-order valence-corrected chi connectivity index (χ2v) is 9.79. The first-order valence-electron chi connectivity index (χ1n) is 12.6. The van der Waals surface area contributed by atoms with E-state index in [0.29, 0.717) is 11.4 Å². The third-order valence-corrected chi connectivity index (χ3v) is 6.34. The highest BCUT2D eigenvalue weighted by Crippen LogP contribution is 2.26. The summed E-state index contributed by atoms with van der Waals surface area (Å²) >= 11 is 0.889. The molecule has 3 N–H and O–H groups in total. The molecule has 1 aromatic heterocycles. The molecule has 220 valence electrons. The number of benzene rings is 3. The summed E-state index contributed by atoms with van der Waals surface area (Å²) in [6.45, 7) is 4.11. The van der Waals surface area contributed by atoms with Crippen LogP contribution in [-0.2, 0) is 11.9 Å². The average molecular weight is 600 g/mol. The van der Waals surface area contributed by atoms with Crippen molar-refractivity contribution in [1.82, 2.24) is 14.5 Å². The lowest BCUT2D eigenvalue weighted by Crippen LogP contribution is -2.23. The van der Waals surface area contributed by atoms with Crippen molar-refractivity contribution in [2.24, 2.45) is 16.6 Å². The van der Waals surface area contributed by atoms with Gasteiger partial charge >= 0.3 is 12.4 Å². The van der Waals surface area contributed by atoms with Crippen molar-refractivity contribution in [1.29, 1.82) is 0 Å². The first-order chi connectivity index (χ1) is 20.0. The molecule has 0 saturated heterocycles. The van der Waals surface area contributed by atoms with Crippen molar-refractivity contribution >= 4 is 52.5 Å². The van der Waals surface area contributed by atoms with Gasteiger partial charge in [-0.25, -0.2) is 9.19 Å². The number of halogens is 3. The summed E-state index contributed by atoms with van der Waals surface area (Å²) in [5.41, 5.74) is 4.20. The van der Waals surface area contributed by atoms with Crippen molar-refractivity contribution in [3.63, 3.8) is 0 Å². The summed E-state index contributed by atoms with van der Waals surface area (Å²) in [5.74, 6) is 0.163. The second-order valence-electron chi connectivity index (χ2n) is 9.19. The number of carbonyl (C=O) groups excluding carboxylic acids is 1. The van der Waals surface area contributed by atoms with E-state index in [4.69, 9.17) is 4.84 Å². The smallest absolute Gasteiger partial charge is 0.406 e. The highest BCUT2D eigenvalue weighted by Gasteiger charge is 2.31. The normalized spacial score (nSPS) is 12.1. The quantitative estimate of drug-likeness (QED) is 0.0842. The van der Waals surface area contributed by atoms with Gasteiger partial charge in [0.1, 0.15) is 18.6 Å². The maximum absolute atomic E-state index is 12.5. The number of nitrogens with zero attached hydrogens (tertiary/aromatic N) is 4. The zero-order chi connectivity index (χ0) is 30.3. The number of nitrogens with one attached hydrogen (secondary N) is 3. The van der Waals surface area contributed by atoms with Crippen molar-refractivity contribution in [2.45, 2.75) is 26.1 Å². The van der Waals surface area contributed by atoms with Crippen LogP contribution in [-0.4, -0.2) is 41.3 Å². The van der Waals surface area contributed by atoms with Crippen LogP contribution in [0.25, 0.3) is 10.9 Å². The summed E-state index contributed by atoms with van der Waals surface area (Å²) in [5, 5.41) is 15.2. The predicted molar refractivity (Wildman–Crippen MR) is 159 cm³/mol. The van der Waals surface area contributed by atoms with E-state index in [0.717, 1.165) is 39.9 Å². The molecule has 0 aliphatic carbocycles. The van der Waals surface area contributed by atoms with Crippen LogP contribution in [0.5, 0.6) is 5.75 Å². The van der Waals surface area contributed by atoms with Crippen LogP contribution in [0, 0.1) is 0 Å². The van der Waals surface area contributed by atoms with E-state index in [2.05, 4.69) is 48.6 Å². The fourth-order valence-electron chi connectivity index (χ4n) is 4.04. The largest absolute Gasteiger partial charge is 0.573 e. The second kappa shape index (κ2) is 13.3. The third-order valence-electron chi connectivity index (χ3n) is 5.86. The van der Waals surface area contributed by atoms with Gasteiger partial charge in [-0.2, -0.15) is 5.10 Å².